The summed E-state index contributed by atoms with van der Waals surface area (Å²) in [6, 6.07) is 14.0. The minimum atomic E-state index is -0.477. The van der Waals surface area contributed by atoms with Gasteiger partial charge >= 0.3 is 6.09 Å². The third-order valence-electron chi connectivity index (χ3n) is 4.50. The Morgan fingerprint density at radius 3 is 2.34 bits per heavy atom. The van der Waals surface area contributed by atoms with Gasteiger partial charge in [-0.05, 0) is 51.1 Å². The molecule has 1 fully saturated rings. The van der Waals surface area contributed by atoms with E-state index in [1.165, 1.54) is 0 Å². The highest BCUT2D eigenvalue weighted by Gasteiger charge is 2.26. The lowest BCUT2D eigenvalue weighted by molar-refractivity contribution is 0.0240. The van der Waals surface area contributed by atoms with E-state index in [4.69, 9.17) is 21.1 Å². The monoisotopic (exact) mass is 434 g/mol. The molecule has 2 aromatic rings. The van der Waals surface area contributed by atoms with Crippen molar-refractivity contribution in [3.63, 3.8) is 0 Å². The van der Waals surface area contributed by atoms with Crippen LogP contribution in [0.2, 0.25) is 5.02 Å². The largest absolute Gasteiger partial charge is 0.497 e. The molecule has 0 N–H and O–H groups in total. The third-order valence-corrected chi connectivity index (χ3v) is 6.06. The molecule has 1 aliphatic rings. The van der Waals surface area contributed by atoms with Crippen molar-refractivity contribution < 1.29 is 14.3 Å². The van der Waals surface area contributed by atoms with E-state index >= 15 is 0 Å². The SMILES string of the molecule is COc1ccc(Sc2ccccc2N2CCN(C(=O)OC(C)(C)C)CC2)c(Cl)c1. The number of ether oxygens (including phenoxy) is 2. The van der Waals surface area contributed by atoms with Crippen LogP contribution in [0.25, 0.3) is 0 Å². The molecule has 0 spiro atoms. The number of halogens is 1. The van der Waals surface area contributed by atoms with Gasteiger partial charge < -0.3 is 19.3 Å². The Bertz CT molecular complexity index is 861. The molecular formula is C22H27ClN2O3S. The Hall–Kier alpha value is -2.05. The minimum absolute atomic E-state index is 0.246. The average Bonchev–Trinajstić information content (AvgIpc) is 2.69. The van der Waals surface area contributed by atoms with E-state index in [-0.39, 0.29) is 6.09 Å². The quantitative estimate of drug-likeness (QED) is 0.630. The molecule has 0 saturated carbocycles. The number of methoxy groups -OCH3 is 1. The van der Waals surface area contributed by atoms with Gasteiger partial charge in [-0.15, -0.1) is 0 Å². The maximum Gasteiger partial charge on any atom is 0.410 e. The number of rotatable bonds is 4. The molecule has 1 aliphatic heterocycles. The molecule has 0 unspecified atom stereocenters. The van der Waals surface area contributed by atoms with Crippen LogP contribution < -0.4 is 9.64 Å². The highest BCUT2D eigenvalue weighted by Crippen LogP contribution is 2.40. The summed E-state index contributed by atoms with van der Waals surface area (Å²) in [7, 11) is 1.63. The van der Waals surface area contributed by atoms with Crippen LogP contribution in [-0.4, -0.2) is 49.9 Å². The Kier molecular flexibility index (Phi) is 6.85. The van der Waals surface area contributed by atoms with Gasteiger partial charge in [0.25, 0.3) is 0 Å². The van der Waals surface area contributed by atoms with Crippen LogP contribution in [0.15, 0.2) is 52.3 Å². The first-order chi connectivity index (χ1) is 13.8. The van der Waals surface area contributed by atoms with Crippen molar-refractivity contribution in [1.29, 1.82) is 0 Å². The minimum Gasteiger partial charge on any atom is -0.497 e. The average molecular weight is 435 g/mol. The van der Waals surface area contributed by atoms with E-state index in [9.17, 15) is 4.79 Å². The zero-order valence-electron chi connectivity index (χ0n) is 17.3. The highest BCUT2D eigenvalue weighted by atomic mass is 35.5. The molecule has 29 heavy (non-hydrogen) atoms. The zero-order valence-corrected chi connectivity index (χ0v) is 18.8. The fourth-order valence-electron chi connectivity index (χ4n) is 3.07. The van der Waals surface area contributed by atoms with E-state index < -0.39 is 5.60 Å². The van der Waals surface area contributed by atoms with Gasteiger partial charge in [-0.2, -0.15) is 0 Å². The number of carbonyl (C=O) groups is 1. The van der Waals surface area contributed by atoms with E-state index in [1.54, 1.807) is 23.8 Å². The van der Waals surface area contributed by atoms with E-state index in [0.717, 1.165) is 34.3 Å². The fourth-order valence-corrected chi connectivity index (χ4v) is 4.33. The topological polar surface area (TPSA) is 42.0 Å². The van der Waals surface area contributed by atoms with E-state index in [0.29, 0.717) is 18.1 Å². The number of para-hydroxylation sites is 1. The number of benzene rings is 2. The lowest BCUT2D eigenvalue weighted by atomic mass is 10.2. The van der Waals surface area contributed by atoms with Crippen LogP contribution in [0.4, 0.5) is 10.5 Å². The molecule has 3 rings (SSSR count). The zero-order chi connectivity index (χ0) is 21.0. The second-order valence-corrected chi connectivity index (χ2v) is 9.31. The summed E-state index contributed by atoms with van der Waals surface area (Å²) in [4.78, 5) is 18.5. The number of hydrogen-bond donors (Lipinski definition) is 0. The molecule has 7 heteroatoms. The summed E-state index contributed by atoms with van der Waals surface area (Å²) in [6.07, 6.45) is -0.246. The first kappa shape index (κ1) is 21.7. The van der Waals surface area contributed by atoms with Crippen LogP contribution in [0.1, 0.15) is 20.8 Å². The first-order valence-electron chi connectivity index (χ1n) is 9.60. The van der Waals surface area contributed by atoms with Crippen LogP contribution in [0, 0.1) is 0 Å². The fraction of sp³-hybridized carbons (Fsp3) is 0.409. The molecule has 1 saturated heterocycles. The number of anilines is 1. The molecule has 0 bridgehead atoms. The van der Waals surface area contributed by atoms with Crippen molar-refractivity contribution in [1.82, 2.24) is 4.90 Å². The molecular weight excluding hydrogens is 408 g/mol. The summed E-state index contributed by atoms with van der Waals surface area (Å²) in [5.74, 6) is 0.742. The van der Waals surface area contributed by atoms with E-state index in [2.05, 4.69) is 17.0 Å². The second kappa shape index (κ2) is 9.18. The number of hydrogen-bond acceptors (Lipinski definition) is 5. The van der Waals surface area contributed by atoms with Crippen molar-refractivity contribution in [2.24, 2.45) is 0 Å². The smallest absolute Gasteiger partial charge is 0.410 e. The number of piperazine rings is 1. The molecule has 2 aromatic carbocycles. The second-order valence-electron chi connectivity index (χ2n) is 7.82. The number of carbonyl (C=O) groups excluding carboxylic acids is 1. The van der Waals surface area contributed by atoms with Gasteiger partial charge in [0.05, 0.1) is 17.8 Å². The molecule has 0 radical (unpaired) electrons. The van der Waals surface area contributed by atoms with Crippen LogP contribution in [0.3, 0.4) is 0 Å². The molecule has 0 aliphatic carbocycles. The van der Waals surface area contributed by atoms with Crippen molar-refractivity contribution >= 4 is 35.1 Å². The third kappa shape index (κ3) is 5.73. The summed E-state index contributed by atoms with van der Waals surface area (Å²) in [6.45, 7) is 8.45. The number of amides is 1. The summed E-state index contributed by atoms with van der Waals surface area (Å²) >= 11 is 8.06. The lowest BCUT2D eigenvalue weighted by Gasteiger charge is -2.37. The first-order valence-corrected chi connectivity index (χ1v) is 10.8. The van der Waals surface area contributed by atoms with Crippen molar-refractivity contribution in [3.8, 4) is 5.75 Å². The van der Waals surface area contributed by atoms with Gasteiger partial charge in [-0.1, -0.05) is 35.5 Å². The summed E-state index contributed by atoms with van der Waals surface area (Å²) in [5, 5.41) is 0.666. The Balaban J connectivity index is 1.69. The van der Waals surface area contributed by atoms with Crippen molar-refractivity contribution in [2.45, 2.75) is 36.2 Å². The maximum atomic E-state index is 12.3. The van der Waals surface area contributed by atoms with Crippen LogP contribution in [0.5, 0.6) is 5.75 Å². The molecule has 156 valence electrons. The molecule has 1 heterocycles. The maximum absolute atomic E-state index is 12.3. The van der Waals surface area contributed by atoms with Crippen molar-refractivity contribution in [3.05, 3.63) is 47.5 Å². The Labute approximate surface area is 181 Å². The number of nitrogens with zero attached hydrogens (tertiary/aromatic N) is 2. The Morgan fingerprint density at radius 2 is 1.72 bits per heavy atom. The lowest BCUT2D eigenvalue weighted by Crippen LogP contribution is -2.50. The van der Waals surface area contributed by atoms with Crippen LogP contribution >= 0.6 is 23.4 Å². The van der Waals surface area contributed by atoms with E-state index in [1.807, 2.05) is 51.1 Å². The Morgan fingerprint density at radius 1 is 1.03 bits per heavy atom. The predicted molar refractivity (Wildman–Crippen MR) is 119 cm³/mol. The highest BCUT2D eigenvalue weighted by molar-refractivity contribution is 7.99. The summed E-state index contributed by atoms with van der Waals surface area (Å²) < 4.78 is 10.7. The predicted octanol–water partition coefficient (Wildman–Crippen LogP) is 5.56. The summed E-state index contributed by atoms with van der Waals surface area (Å²) in [5.41, 5.74) is 0.669. The van der Waals surface area contributed by atoms with Crippen molar-refractivity contribution in [2.75, 3.05) is 38.2 Å². The molecule has 1 amide bonds. The van der Waals surface area contributed by atoms with Gasteiger partial charge in [-0.3, -0.25) is 0 Å². The van der Waals surface area contributed by atoms with Gasteiger partial charge in [0.1, 0.15) is 11.4 Å². The molecule has 0 atom stereocenters. The standard InChI is InChI=1S/C22H27ClN2O3S/c1-22(2,3)28-21(26)25-13-11-24(12-14-25)18-7-5-6-8-20(18)29-19-10-9-16(27-4)15-17(19)23/h5-10,15H,11-14H2,1-4H3. The molecule has 5 nitrogen and oxygen atoms in total. The molecule has 0 aromatic heterocycles. The van der Waals surface area contributed by atoms with Crippen LogP contribution in [-0.2, 0) is 4.74 Å². The van der Waals surface area contributed by atoms with Gasteiger partial charge in [0.2, 0.25) is 0 Å². The van der Waals surface area contributed by atoms with Gasteiger partial charge in [-0.25, -0.2) is 4.79 Å². The van der Waals surface area contributed by atoms with Gasteiger partial charge in [0.15, 0.2) is 0 Å². The normalized spacial score (nSPS) is 14.7. The van der Waals surface area contributed by atoms with Gasteiger partial charge in [0, 0.05) is 36.0 Å².